The molecule has 0 saturated carbocycles. The number of nitrogens with zero attached hydrogens (tertiary/aromatic N) is 1. The molecule has 3 N–H and O–H groups in total. The summed E-state index contributed by atoms with van der Waals surface area (Å²) in [5.41, 5.74) is 4.23. The topological polar surface area (TPSA) is 78.0 Å². The molecule has 138 valence electrons. The summed E-state index contributed by atoms with van der Waals surface area (Å²) in [4.78, 5) is 20.6. The van der Waals surface area contributed by atoms with Crippen LogP contribution in [0.3, 0.4) is 0 Å². The van der Waals surface area contributed by atoms with Crippen LogP contribution in [0, 0.1) is 5.92 Å². The zero-order valence-corrected chi connectivity index (χ0v) is 15.5. The van der Waals surface area contributed by atoms with E-state index < -0.39 is 5.60 Å². The quantitative estimate of drug-likeness (QED) is 0.646. The minimum absolute atomic E-state index is 0.0540. The standard InChI is InChI=1S/C22H23N3O2/c1-22(2,27)15-12-17-19(18(26)13-15)21(24-16-6-4-3-5-7-16)20(25-17)14-8-10-23-11-9-14/h3-11,15,24-25,27H,12-13H2,1-2H3. The van der Waals surface area contributed by atoms with Crippen LogP contribution in [0.1, 0.15) is 36.3 Å². The number of aromatic nitrogens is 2. The smallest absolute Gasteiger partial charge is 0.167 e. The van der Waals surface area contributed by atoms with Crippen LogP contribution in [0.15, 0.2) is 54.9 Å². The van der Waals surface area contributed by atoms with Gasteiger partial charge < -0.3 is 15.4 Å². The number of para-hydroxylation sites is 1. The number of pyridine rings is 1. The van der Waals surface area contributed by atoms with Crippen molar-refractivity contribution in [2.45, 2.75) is 32.3 Å². The van der Waals surface area contributed by atoms with Crippen molar-refractivity contribution in [2.24, 2.45) is 5.92 Å². The average molecular weight is 361 g/mol. The van der Waals surface area contributed by atoms with Crippen molar-refractivity contribution in [3.05, 3.63) is 66.1 Å². The number of rotatable bonds is 4. The predicted molar refractivity (Wildman–Crippen MR) is 106 cm³/mol. The van der Waals surface area contributed by atoms with Gasteiger partial charge in [0.25, 0.3) is 0 Å². The molecule has 27 heavy (non-hydrogen) atoms. The molecule has 0 saturated heterocycles. The lowest BCUT2D eigenvalue weighted by atomic mass is 9.77. The number of ketones is 1. The first-order chi connectivity index (χ1) is 12.9. The van der Waals surface area contributed by atoms with Gasteiger partial charge in [-0.3, -0.25) is 9.78 Å². The summed E-state index contributed by atoms with van der Waals surface area (Å²) in [5.74, 6) is -0.0515. The fourth-order valence-corrected chi connectivity index (χ4v) is 3.68. The van der Waals surface area contributed by atoms with E-state index in [4.69, 9.17) is 0 Å². The SMILES string of the molecule is CC(C)(O)C1CC(=O)c2c([nH]c(-c3ccncc3)c2Nc2ccccc2)C1. The van der Waals surface area contributed by atoms with E-state index in [1.807, 2.05) is 42.5 Å². The van der Waals surface area contributed by atoms with Crippen LogP contribution in [-0.4, -0.2) is 26.5 Å². The molecule has 0 aliphatic heterocycles. The lowest BCUT2D eigenvalue weighted by molar-refractivity contribution is 0.0114. The Morgan fingerprint density at radius 1 is 1.11 bits per heavy atom. The highest BCUT2D eigenvalue weighted by Crippen LogP contribution is 2.41. The van der Waals surface area contributed by atoms with Gasteiger partial charge in [-0.25, -0.2) is 0 Å². The highest BCUT2D eigenvalue weighted by molar-refractivity contribution is 6.07. The molecule has 1 aromatic carbocycles. The highest BCUT2D eigenvalue weighted by atomic mass is 16.3. The van der Waals surface area contributed by atoms with E-state index in [9.17, 15) is 9.90 Å². The van der Waals surface area contributed by atoms with Gasteiger partial charge in [0, 0.05) is 35.8 Å². The number of carbonyl (C=O) groups is 1. The summed E-state index contributed by atoms with van der Waals surface area (Å²) < 4.78 is 0. The molecular weight excluding hydrogens is 338 g/mol. The fraction of sp³-hybridized carbons (Fsp3) is 0.273. The minimum atomic E-state index is -0.900. The molecule has 0 amide bonds. The molecule has 3 aromatic rings. The molecule has 1 aliphatic rings. The van der Waals surface area contributed by atoms with Gasteiger partial charge in [0.05, 0.1) is 22.5 Å². The van der Waals surface area contributed by atoms with Crippen LogP contribution in [-0.2, 0) is 6.42 Å². The van der Waals surface area contributed by atoms with Crippen LogP contribution in [0.5, 0.6) is 0 Å². The predicted octanol–water partition coefficient (Wildman–Crippen LogP) is 4.34. The van der Waals surface area contributed by atoms with Crippen LogP contribution in [0.25, 0.3) is 11.3 Å². The summed E-state index contributed by atoms with van der Waals surface area (Å²) in [7, 11) is 0. The molecule has 0 radical (unpaired) electrons. The first kappa shape index (κ1) is 17.5. The number of H-pyrrole nitrogens is 1. The Hall–Kier alpha value is -2.92. The normalized spacial score (nSPS) is 16.9. The molecule has 1 unspecified atom stereocenters. The third-order valence-electron chi connectivity index (χ3n) is 5.25. The van der Waals surface area contributed by atoms with Gasteiger partial charge in [-0.1, -0.05) is 18.2 Å². The molecule has 0 fully saturated rings. The maximum absolute atomic E-state index is 13.0. The van der Waals surface area contributed by atoms with E-state index in [0.717, 1.165) is 28.3 Å². The second-order valence-electron chi connectivity index (χ2n) is 7.64. The Morgan fingerprint density at radius 3 is 2.48 bits per heavy atom. The molecule has 0 bridgehead atoms. The van der Waals surface area contributed by atoms with E-state index in [-0.39, 0.29) is 11.7 Å². The van der Waals surface area contributed by atoms with Crippen molar-refractivity contribution in [2.75, 3.05) is 5.32 Å². The van der Waals surface area contributed by atoms with Crippen LogP contribution in [0.2, 0.25) is 0 Å². The van der Waals surface area contributed by atoms with E-state index >= 15 is 0 Å². The first-order valence-electron chi connectivity index (χ1n) is 9.16. The zero-order chi connectivity index (χ0) is 19.0. The maximum Gasteiger partial charge on any atom is 0.167 e. The monoisotopic (exact) mass is 361 g/mol. The first-order valence-corrected chi connectivity index (χ1v) is 9.16. The number of aliphatic hydroxyl groups is 1. The van der Waals surface area contributed by atoms with Crippen LogP contribution >= 0.6 is 0 Å². The fourth-order valence-electron chi connectivity index (χ4n) is 3.68. The number of carbonyl (C=O) groups excluding carboxylic acids is 1. The van der Waals surface area contributed by atoms with E-state index in [2.05, 4.69) is 15.3 Å². The number of hydrogen-bond donors (Lipinski definition) is 3. The lowest BCUT2D eigenvalue weighted by Crippen LogP contribution is -2.37. The van der Waals surface area contributed by atoms with Crippen molar-refractivity contribution in [1.82, 2.24) is 9.97 Å². The molecule has 5 heteroatoms. The Balaban J connectivity index is 1.84. The van der Waals surface area contributed by atoms with Crippen molar-refractivity contribution in [1.29, 1.82) is 0 Å². The van der Waals surface area contributed by atoms with Gasteiger partial charge in [-0.15, -0.1) is 0 Å². The summed E-state index contributed by atoms with van der Waals surface area (Å²) in [6.45, 7) is 3.54. The van der Waals surface area contributed by atoms with Crippen molar-refractivity contribution < 1.29 is 9.90 Å². The Labute approximate surface area is 158 Å². The minimum Gasteiger partial charge on any atom is -0.390 e. The van der Waals surface area contributed by atoms with E-state index in [1.165, 1.54) is 0 Å². The Morgan fingerprint density at radius 2 is 1.81 bits per heavy atom. The molecule has 2 aromatic heterocycles. The van der Waals surface area contributed by atoms with E-state index in [0.29, 0.717) is 18.4 Å². The van der Waals surface area contributed by atoms with Gasteiger partial charge in [-0.2, -0.15) is 0 Å². The Bertz CT molecular complexity index is 956. The van der Waals surface area contributed by atoms with Gasteiger partial charge in [0.1, 0.15) is 0 Å². The number of anilines is 2. The second-order valence-corrected chi connectivity index (χ2v) is 7.64. The number of fused-ring (bicyclic) bond motifs is 1. The number of Topliss-reactive ketones (excluding diaryl/α,β-unsaturated/α-hetero) is 1. The molecule has 2 heterocycles. The summed E-state index contributed by atoms with van der Waals surface area (Å²) >= 11 is 0. The summed E-state index contributed by atoms with van der Waals surface area (Å²) in [5, 5.41) is 13.9. The molecule has 0 spiro atoms. The van der Waals surface area contributed by atoms with Crippen molar-refractivity contribution in [3.8, 4) is 11.3 Å². The molecule has 4 rings (SSSR count). The van der Waals surface area contributed by atoms with Gasteiger partial charge in [0.15, 0.2) is 5.78 Å². The lowest BCUT2D eigenvalue weighted by Gasteiger charge is -2.31. The van der Waals surface area contributed by atoms with Gasteiger partial charge in [0.2, 0.25) is 0 Å². The zero-order valence-electron chi connectivity index (χ0n) is 15.5. The van der Waals surface area contributed by atoms with Crippen molar-refractivity contribution >= 4 is 17.2 Å². The molecular formula is C22H23N3O2. The third kappa shape index (κ3) is 3.38. The molecule has 5 nitrogen and oxygen atoms in total. The van der Waals surface area contributed by atoms with E-state index in [1.54, 1.807) is 26.2 Å². The average Bonchev–Trinajstić information content (AvgIpc) is 3.01. The number of aromatic amines is 1. The molecule has 1 atom stereocenters. The summed E-state index contributed by atoms with van der Waals surface area (Å²) in [6.07, 6.45) is 4.46. The van der Waals surface area contributed by atoms with Crippen LogP contribution < -0.4 is 5.32 Å². The second kappa shape index (κ2) is 6.67. The maximum atomic E-state index is 13.0. The number of hydrogen-bond acceptors (Lipinski definition) is 4. The largest absolute Gasteiger partial charge is 0.390 e. The van der Waals surface area contributed by atoms with Crippen molar-refractivity contribution in [3.63, 3.8) is 0 Å². The third-order valence-corrected chi connectivity index (χ3v) is 5.25. The highest BCUT2D eigenvalue weighted by Gasteiger charge is 2.37. The molecule has 1 aliphatic carbocycles. The van der Waals surface area contributed by atoms with Gasteiger partial charge in [-0.05, 0) is 50.5 Å². The number of nitrogens with one attached hydrogen (secondary N) is 2. The van der Waals surface area contributed by atoms with Crippen LogP contribution in [0.4, 0.5) is 11.4 Å². The van der Waals surface area contributed by atoms with Gasteiger partial charge >= 0.3 is 0 Å². The number of benzene rings is 1. The summed E-state index contributed by atoms with van der Waals surface area (Å²) in [6, 6.07) is 13.7. The Kier molecular flexibility index (Phi) is 4.32.